The van der Waals surface area contributed by atoms with Crippen LogP contribution in [0, 0.1) is 10.1 Å². The van der Waals surface area contributed by atoms with Gasteiger partial charge in [-0.2, -0.15) is 0 Å². The van der Waals surface area contributed by atoms with E-state index in [4.69, 9.17) is 0 Å². The lowest BCUT2D eigenvalue weighted by Crippen LogP contribution is -2.35. The van der Waals surface area contributed by atoms with Crippen LogP contribution in [0.4, 0.5) is 5.69 Å². The third-order valence-corrected chi connectivity index (χ3v) is 5.27. The Morgan fingerprint density at radius 3 is 2.27 bits per heavy atom. The van der Waals surface area contributed by atoms with Crippen molar-refractivity contribution < 1.29 is 14.5 Å². The van der Waals surface area contributed by atoms with E-state index in [9.17, 15) is 19.7 Å². The summed E-state index contributed by atoms with van der Waals surface area (Å²) in [7, 11) is 0. The molecular formula is C23H27N3O4. The van der Waals surface area contributed by atoms with E-state index < -0.39 is 4.92 Å². The first-order valence-electron chi connectivity index (χ1n) is 10.3. The second-order valence-corrected chi connectivity index (χ2v) is 7.96. The van der Waals surface area contributed by atoms with Crippen molar-refractivity contribution >= 4 is 17.5 Å². The smallest absolute Gasteiger partial charge is 0.269 e. The lowest BCUT2D eigenvalue weighted by Gasteiger charge is -2.23. The SMILES string of the molecule is CC(C)c1ccc(CN(C(=O)CCNC(=O)c2ccc([N+](=O)[O-])cc2)C2CC2)cc1. The van der Waals surface area contributed by atoms with E-state index in [1.165, 1.54) is 29.8 Å². The number of carbonyl (C=O) groups is 2. The Morgan fingerprint density at radius 2 is 1.73 bits per heavy atom. The number of benzene rings is 2. The molecule has 2 aromatic carbocycles. The van der Waals surface area contributed by atoms with E-state index in [0.717, 1.165) is 18.4 Å². The first kappa shape index (κ1) is 21.5. The number of nitro benzene ring substituents is 1. The summed E-state index contributed by atoms with van der Waals surface area (Å²) in [6, 6.07) is 14.1. The molecule has 0 aliphatic heterocycles. The second kappa shape index (κ2) is 9.52. The molecule has 0 unspecified atom stereocenters. The number of amides is 2. The van der Waals surface area contributed by atoms with Gasteiger partial charge in [-0.25, -0.2) is 0 Å². The van der Waals surface area contributed by atoms with Gasteiger partial charge in [0.25, 0.3) is 11.6 Å². The fourth-order valence-corrected chi connectivity index (χ4v) is 3.27. The van der Waals surface area contributed by atoms with Crippen LogP contribution in [0.25, 0.3) is 0 Å². The minimum Gasteiger partial charge on any atom is -0.352 e. The molecule has 2 aromatic rings. The molecule has 0 aromatic heterocycles. The highest BCUT2D eigenvalue weighted by Gasteiger charge is 2.32. The highest BCUT2D eigenvalue weighted by Crippen LogP contribution is 2.29. The molecule has 1 N–H and O–H groups in total. The Kier molecular flexibility index (Phi) is 6.82. The maximum absolute atomic E-state index is 12.7. The third kappa shape index (κ3) is 5.65. The normalized spacial score (nSPS) is 13.2. The third-order valence-electron chi connectivity index (χ3n) is 5.27. The van der Waals surface area contributed by atoms with Gasteiger partial charge in [-0.3, -0.25) is 19.7 Å². The second-order valence-electron chi connectivity index (χ2n) is 7.96. The minimum absolute atomic E-state index is 0.0226. The molecule has 3 rings (SSSR count). The molecule has 0 spiro atoms. The highest BCUT2D eigenvalue weighted by molar-refractivity contribution is 5.94. The fourth-order valence-electron chi connectivity index (χ4n) is 3.27. The first-order chi connectivity index (χ1) is 14.3. The Labute approximate surface area is 176 Å². The van der Waals surface area contributed by atoms with Crippen LogP contribution in [0.5, 0.6) is 0 Å². The summed E-state index contributed by atoms with van der Waals surface area (Å²) in [5, 5.41) is 13.4. The predicted molar refractivity (Wildman–Crippen MR) is 114 cm³/mol. The molecule has 7 heteroatoms. The summed E-state index contributed by atoms with van der Waals surface area (Å²) in [6.07, 6.45) is 2.26. The van der Waals surface area contributed by atoms with E-state index in [-0.39, 0.29) is 36.5 Å². The zero-order valence-corrected chi connectivity index (χ0v) is 17.3. The molecule has 30 heavy (non-hydrogen) atoms. The van der Waals surface area contributed by atoms with Gasteiger partial charge in [0.15, 0.2) is 0 Å². The zero-order chi connectivity index (χ0) is 21.7. The largest absolute Gasteiger partial charge is 0.352 e. The van der Waals surface area contributed by atoms with Crippen LogP contribution in [0.2, 0.25) is 0 Å². The summed E-state index contributed by atoms with van der Waals surface area (Å²) in [6.45, 7) is 5.11. The molecule has 158 valence electrons. The van der Waals surface area contributed by atoms with Crippen molar-refractivity contribution in [3.05, 3.63) is 75.3 Å². The summed E-state index contributed by atoms with van der Waals surface area (Å²) in [4.78, 5) is 37.0. The van der Waals surface area contributed by atoms with Gasteiger partial charge in [0.1, 0.15) is 0 Å². The first-order valence-corrected chi connectivity index (χ1v) is 10.3. The summed E-state index contributed by atoms with van der Waals surface area (Å²) in [5.41, 5.74) is 2.65. The van der Waals surface area contributed by atoms with Gasteiger partial charge in [0.05, 0.1) is 4.92 Å². The maximum Gasteiger partial charge on any atom is 0.269 e. The van der Waals surface area contributed by atoms with Gasteiger partial charge >= 0.3 is 0 Å². The highest BCUT2D eigenvalue weighted by atomic mass is 16.6. The van der Waals surface area contributed by atoms with Crippen molar-refractivity contribution in [1.82, 2.24) is 10.2 Å². The Bertz CT molecular complexity index is 903. The summed E-state index contributed by atoms with van der Waals surface area (Å²) in [5.74, 6) is 0.147. The van der Waals surface area contributed by atoms with Crippen LogP contribution in [-0.2, 0) is 11.3 Å². The van der Waals surface area contributed by atoms with Crippen LogP contribution in [-0.4, -0.2) is 34.2 Å². The van der Waals surface area contributed by atoms with Gasteiger partial charge in [0.2, 0.25) is 5.91 Å². The van der Waals surface area contributed by atoms with Gasteiger partial charge in [0, 0.05) is 43.2 Å². The molecule has 7 nitrogen and oxygen atoms in total. The molecule has 0 radical (unpaired) electrons. The molecule has 1 saturated carbocycles. The summed E-state index contributed by atoms with van der Waals surface area (Å²) < 4.78 is 0. The van der Waals surface area contributed by atoms with Crippen molar-refractivity contribution in [2.45, 2.75) is 51.6 Å². The molecule has 2 amide bonds. The van der Waals surface area contributed by atoms with Gasteiger partial charge in [-0.1, -0.05) is 38.1 Å². The van der Waals surface area contributed by atoms with Crippen LogP contribution < -0.4 is 5.32 Å². The van der Waals surface area contributed by atoms with Crippen molar-refractivity contribution in [2.24, 2.45) is 0 Å². The standard InChI is InChI=1S/C23H27N3O4/c1-16(2)18-5-3-17(4-6-18)15-25(20-11-12-20)22(27)13-14-24-23(28)19-7-9-21(10-8-19)26(29)30/h3-10,16,20H,11-15H2,1-2H3,(H,24,28). The number of nitrogens with zero attached hydrogens (tertiary/aromatic N) is 2. The monoisotopic (exact) mass is 409 g/mol. The van der Waals surface area contributed by atoms with Crippen LogP contribution in [0.1, 0.15) is 60.5 Å². The van der Waals surface area contributed by atoms with E-state index in [2.05, 4.69) is 43.4 Å². The van der Waals surface area contributed by atoms with Crippen LogP contribution in [0.3, 0.4) is 0 Å². The minimum atomic E-state index is -0.511. The number of hydrogen-bond acceptors (Lipinski definition) is 4. The Hall–Kier alpha value is -3.22. The molecule has 1 fully saturated rings. The van der Waals surface area contributed by atoms with Crippen LogP contribution in [0.15, 0.2) is 48.5 Å². The number of nitrogens with one attached hydrogen (secondary N) is 1. The average molecular weight is 409 g/mol. The van der Waals surface area contributed by atoms with Gasteiger partial charge < -0.3 is 10.2 Å². The summed E-state index contributed by atoms with van der Waals surface area (Å²) >= 11 is 0. The molecular weight excluding hydrogens is 382 g/mol. The molecule has 0 heterocycles. The molecule has 0 saturated heterocycles. The Balaban J connectivity index is 1.51. The van der Waals surface area contributed by atoms with Gasteiger partial charge in [-0.15, -0.1) is 0 Å². The topological polar surface area (TPSA) is 92.6 Å². The van der Waals surface area contributed by atoms with E-state index in [0.29, 0.717) is 18.0 Å². The number of carbonyl (C=O) groups excluding carboxylic acids is 2. The lowest BCUT2D eigenvalue weighted by atomic mass is 10.0. The quantitative estimate of drug-likeness (QED) is 0.500. The molecule has 0 bridgehead atoms. The number of hydrogen-bond donors (Lipinski definition) is 1. The number of nitro groups is 1. The molecule has 0 atom stereocenters. The maximum atomic E-state index is 12.7. The van der Waals surface area contributed by atoms with Crippen molar-refractivity contribution in [2.75, 3.05) is 6.54 Å². The van der Waals surface area contributed by atoms with Crippen molar-refractivity contribution in [3.63, 3.8) is 0 Å². The average Bonchev–Trinajstić information content (AvgIpc) is 3.57. The van der Waals surface area contributed by atoms with Crippen molar-refractivity contribution in [3.8, 4) is 0 Å². The number of rotatable bonds is 9. The van der Waals surface area contributed by atoms with E-state index in [1.54, 1.807) is 0 Å². The predicted octanol–water partition coefficient (Wildman–Crippen LogP) is 4.03. The Morgan fingerprint density at radius 1 is 1.10 bits per heavy atom. The van der Waals surface area contributed by atoms with Crippen molar-refractivity contribution in [1.29, 1.82) is 0 Å². The van der Waals surface area contributed by atoms with Crippen LogP contribution >= 0.6 is 0 Å². The molecule has 1 aliphatic carbocycles. The molecule has 1 aliphatic rings. The fraction of sp³-hybridized carbons (Fsp3) is 0.391. The van der Waals surface area contributed by atoms with E-state index in [1.807, 2.05) is 4.90 Å². The van der Waals surface area contributed by atoms with Gasteiger partial charge in [-0.05, 0) is 42.0 Å². The number of non-ortho nitro benzene ring substituents is 1. The zero-order valence-electron chi connectivity index (χ0n) is 17.3. The lowest BCUT2D eigenvalue weighted by molar-refractivity contribution is -0.384. The van der Waals surface area contributed by atoms with E-state index >= 15 is 0 Å².